The molecule has 0 radical (unpaired) electrons. The summed E-state index contributed by atoms with van der Waals surface area (Å²) < 4.78 is 0. The molecular weight excluding hydrogens is 250 g/mol. The zero-order chi connectivity index (χ0) is 14.0. The smallest absolute Gasteiger partial charge is 0.295 e. The number of nitrogens with zero attached hydrogens (tertiary/aromatic N) is 3. The van der Waals surface area contributed by atoms with Crippen LogP contribution < -0.4 is 5.32 Å². The third-order valence-electron chi connectivity index (χ3n) is 2.40. The van der Waals surface area contributed by atoms with Crippen molar-refractivity contribution in [3.63, 3.8) is 0 Å². The molecule has 0 unspecified atom stereocenters. The number of anilines is 1. The van der Waals surface area contributed by atoms with E-state index in [0.29, 0.717) is 5.82 Å². The van der Waals surface area contributed by atoms with Crippen LogP contribution in [0, 0.1) is 24.0 Å². The lowest BCUT2D eigenvalue weighted by molar-refractivity contribution is -0.384. The van der Waals surface area contributed by atoms with Crippen LogP contribution in [0.2, 0.25) is 0 Å². The van der Waals surface area contributed by atoms with Gasteiger partial charge in [-0.05, 0) is 25.5 Å². The monoisotopic (exact) mass is 261 g/mol. The van der Waals surface area contributed by atoms with Gasteiger partial charge in [-0.3, -0.25) is 20.0 Å². The second kappa shape index (κ2) is 4.84. The number of amides is 1. The van der Waals surface area contributed by atoms with Gasteiger partial charge < -0.3 is 5.32 Å². The molecule has 2 aromatic rings. The van der Waals surface area contributed by atoms with Gasteiger partial charge in [0.15, 0.2) is 0 Å². The topological polar surface area (TPSA) is 114 Å². The first-order chi connectivity index (χ1) is 8.97. The number of aromatic amines is 1. The number of hydrogen-bond donors (Lipinski definition) is 2. The number of rotatable bonds is 3. The normalized spacial score (nSPS) is 10.2. The first-order valence-corrected chi connectivity index (χ1v) is 5.43. The number of nitro groups is 1. The fraction of sp³-hybridized carbons (Fsp3) is 0.182. The lowest BCUT2D eigenvalue weighted by Gasteiger charge is -2.04. The second-order valence-corrected chi connectivity index (χ2v) is 3.98. The van der Waals surface area contributed by atoms with Crippen LogP contribution in [0.1, 0.15) is 22.0 Å². The molecule has 0 bridgehead atoms. The summed E-state index contributed by atoms with van der Waals surface area (Å²) in [4.78, 5) is 26.0. The van der Waals surface area contributed by atoms with Crippen LogP contribution in [0.4, 0.5) is 11.4 Å². The van der Waals surface area contributed by atoms with E-state index < -0.39 is 10.8 Å². The number of hydrogen-bond acceptors (Lipinski definition) is 5. The number of nitrogens with one attached hydrogen (secondary N) is 2. The maximum Gasteiger partial charge on any atom is 0.295 e. The van der Waals surface area contributed by atoms with Crippen molar-refractivity contribution >= 4 is 17.3 Å². The summed E-state index contributed by atoms with van der Waals surface area (Å²) in [6, 6.07) is 4.54. The Morgan fingerprint density at radius 3 is 2.74 bits per heavy atom. The molecule has 98 valence electrons. The Kier molecular flexibility index (Phi) is 3.23. The Bertz CT molecular complexity index is 650. The molecule has 8 nitrogen and oxygen atoms in total. The maximum absolute atomic E-state index is 11.8. The van der Waals surface area contributed by atoms with E-state index in [9.17, 15) is 14.9 Å². The lowest BCUT2D eigenvalue weighted by atomic mass is 10.2. The van der Waals surface area contributed by atoms with Gasteiger partial charge in [-0.1, -0.05) is 6.07 Å². The maximum atomic E-state index is 11.8. The fourth-order valence-electron chi connectivity index (χ4n) is 1.52. The van der Waals surface area contributed by atoms with E-state index >= 15 is 0 Å². The summed E-state index contributed by atoms with van der Waals surface area (Å²) in [5.74, 6) is -0.174. The molecule has 0 aliphatic rings. The van der Waals surface area contributed by atoms with Gasteiger partial charge in [0.2, 0.25) is 5.82 Å². The SMILES string of the molecule is Cc1ccc(NC(=O)c2n[nH]c(C)n2)c([N+](=O)[O-])c1. The number of aromatic nitrogens is 3. The zero-order valence-corrected chi connectivity index (χ0v) is 10.3. The van der Waals surface area contributed by atoms with Crippen molar-refractivity contribution in [3.05, 3.63) is 45.5 Å². The van der Waals surface area contributed by atoms with Gasteiger partial charge in [-0.2, -0.15) is 0 Å². The van der Waals surface area contributed by atoms with Crippen LogP contribution in [0.5, 0.6) is 0 Å². The van der Waals surface area contributed by atoms with E-state index in [-0.39, 0.29) is 17.2 Å². The Hall–Kier alpha value is -2.77. The second-order valence-electron chi connectivity index (χ2n) is 3.98. The van der Waals surface area contributed by atoms with Crippen molar-refractivity contribution in [1.29, 1.82) is 0 Å². The molecule has 0 saturated carbocycles. The van der Waals surface area contributed by atoms with Crippen LogP contribution in [-0.4, -0.2) is 26.0 Å². The van der Waals surface area contributed by atoms with Crippen LogP contribution >= 0.6 is 0 Å². The van der Waals surface area contributed by atoms with E-state index in [2.05, 4.69) is 20.5 Å². The zero-order valence-electron chi connectivity index (χ0n) is 10.3. The predicted octanol–water partition coefficient (Wildman–Crippen LogP) is 1.58. The van der Waals surface area contributed by atoms with Crippen molar-refractivity contribution in [3.8, 4) is 0 Å². The van der Waals surface area contributed by atoms with Crippen molar-refractivity contribution in [2.75, 3.05) is 5.32 Å². The van der Waals surface area contributed by atoms with Gasteiger partial charge in [-0.25, -0.2) is 4.98 Å². The third-order valence-corrected chi connectivity index (χ3v) is 2.40. The van der Waals surface area contributed by atoms with Gasteiger partial charge in [0.1, 0.15) is 11.5 Å². The Balaban J connectivity index is 2.28. The molecule has 0 fully saturated rings. The van der Waals surface area contributed by atoms with Crippen LogP contribution in [0.15, 0.2) is 18.2 Å². The molecule has 8 heteroatoms. The molecule has 1 aromatic heterocycles. The number of carbonyl (C=O) groups is 1. The fourth-order valence-corrected chi connectivity index (χ4v) is 1.52. The first kappa shape index (κ1) is 12.7. The molecule has 1 heterocycles. The van der Waals surface area contributed by atoms with Gasteiger partial charge in [-0.15, -0.1) is 5.10 Å². The molecule has 1 amide bonds. The van der Waals surface area contributed by atoms with E-state index in [1.807, 2.05) is 0 Å². The number of aryl methyl sites for hydroxylation is 2. The Morgan fingerprint density at radius 1 is 1.42 bits per heavy atom. The Morgan fingerprint density at radius 2 is 2.16 bits per heavy atom. The van der Waals surface area contributed by atoms with Gasteiger partial charge >= 0.3 is 0 Å². The van der Waals surface area contributed by atoms with Crippen molar-refractivity contribution in [2.45, 2.75) is 13.8 Å². The van der Waals surface area contributed by atoms with Crippen LogP contribution in [-0.2, 0) is 0 Å². The van der Waals surface area contributed by atoms with Crippen molar-refractivity contribution in [2.24, 2.45) is 0 Å². The summed E-state index contributed by atoms with van der Waals surface area (Å²) in [7, 11) is 0. The van der Waals surface area contributed by atoms with Crippen LogP contribution in [0.3, 0.4) is 0 Å². The lowest BCUT2D eigenvalue weighted by Crippen LogP contribution is -2.15. The highest BCUT2D eigenvalue weighted by atomic mass is 16.6. The van der Waals surface area contributed by atoms with Gasteiger partial charge in [0.25, 0.3) is 11.6 Å². The number of H-pyrrole nitrogens is 1. The molecule has 0 spiro atoms. The van der Waals surface area contributed by atoms with E-state index in [1.165, 1.54) is 12.1 Å². The van der Waals surface area contributed by atoms with Crippen LogP contribution in [0.25, 0.3) is 0 Å². The average Bonchev–Trinajstić information content (AvgIpc) is 2.78. The minimum Gasteiger partial charge on any atom is -0.313 e. The Labute approximate surface area is 108 Å². The largest absolute Gasteiger partial charge is 0.313 e. The summed E-state index contributed by atoms with van der Waals surface area (Å²) >= 11 is 0. The number of nitro benzene ring substituents is 1. The van der Waals surface area contributed by atoms with Gasteiger partial charge in [0.05, 0.1) is 4.92 Å². The molecule has 1 aromatic carbocycles. The standard InChI is InChI=1S/C11H11N5O3/c1-6-3-4-8(9(5-6)16(18)19)13-11(17)10-12-7(2)14-15-10/h3-5H,1-2H3,(H,13,17)(H,12,14,15). The molecular formula is C11H11N5O3. The third kappa shape index (κ3) is 2.73. The summed E-state index contributed by atoms with van der Waals surface area (Å²) in [6.07, 6.45) is 0. The molecule has 0 saturated heterocycles. The summed E-state index contributed by atoms with van der Waals surface area (Å²) in [6.45, 7) is 3.38. The molecule has 0 atom stereocenters. The molecule has 2 N–H and O–H groups in total. The first-order valence-electron chi connectivity index (χ1n) is 5.43. The highest BCUT2D eigenvalue weighted by Gasteiger charge is 2.18. The van der Waals surface area contributed by atoms with Crippen molar-refractivity contribution < 1.29 is 9.72 Å². The van der Waals surface area contributed by atoms with E-state index in [1.54, 1.807) is 19.9 Å². The quantitative estimate of drug-likeness (QED) is 0.643. The molecule has 19 heavy (non-hydrogen) atoms. The molecule has 0 aliphatic heterocycles. The number of benzene rings is 1. The average molecular weight is 261 g/mol. The minimum absolute atomic E-state index is 0.0626. The highest BCUT2D eigenvalue weighted by molar-refractivity contribution is 6.02. The minimum atomic E-state index is -0.601. The van der Waals surface area contributed by atoms with Crippen molar-refractivity contribution in [1.82, 2.24) is 15.2 Å². The van der Waals surface area contributed by atoms with E-state index in [0.717, 1.165) is 5.56 Å². The van der Waals surface area contributed by atoms with E-state index in [4.69, 9.17) is 0 Å². The summed E-state index contributed by atoms with van der Waals surface area (Å²) in [5, 5.41) is 19.5. The highest BCUT2D eigenvalue weighted by Crippen LogP contribution is 2.25. The molecule has 2 rings (SSSR count). The molecule has 0 aliphatic carbocycles. The van der Waals surface area contributed by atoms with Gasteiger partial charge in [0, 0.05) is 6.07 Å². The predicted molar refractivity (Wildman–Crippen MR) is 66.9 cm³/mol. The summed E-state index contributed by atoms with van der Waals surface area (Å²) in [5.41, 5.74) is 0.682. The number of carbonyl (C=O) groups excluding carboxylic acids is 1.